The molecule has 0 unspecified atom stereocenters. The lowest BCUT2D eigenvalue weighted by Crippen LogP contribution is -2.28. The summed E-state index contributed by atoms with van der Waals surface area (Å²) in [7, 11) is 0. The molecule has 5 rings (SSSR count). The third kappa shape index (κ3) is 3.99. The molecule has 0 fully saturated rings. The average molecular weight is 465 g/mol. The molecule has 1 N–H and O–H groups in total. The van der Waals surface area contributed by atoms with E-state index in [9.17, 15) is 14.0 Å². The van der Waals surface area contributed by atoms with E-state index in [1.54, 1.807) is 42.5 Å². The standard InChI is InChI=1S/C22H14ClFN6O3/c23-14-6-3-5-13(11-14)19-26-21(33-28-19)15-7-4-10-29-20(15)27-30(22(29)32)12-18(31)25-17-9-2-1-8-16(17)24/h1-11H,12H2,(H,25,31). The van der Waals surface area contributed by atoms with Gasteiger partial charge in [0.1, 0.15) is 12.4 Å². The van der Waals surface area contributed by atoms with E-state index in [-0.39, 0.29) is 17.2 Å². The van der Waals surface area contributed by atoms with Crippen LogP contribution in [0.2, 0.25) is 5.02 Å². The van der Waals surface area contributed by atoms with Crippen LogP contribution in [0.3, 0.4) is 0 Å². The fraction of sp³-hybridized carbons (Fsp3) is 0.0455. The smallest absolute Gasteiger partial charge is 0.333 e. The number of carbonyl (C=O) groups is 1. The molecule has 0 saturated heterocycles. The molecular weight excluding hydrogens is 451 g/mol. The van der Waals surface area contributed by atoms with Crippen molar-refractivity contribution in [1.82, 2.24) is 24.3 Å². The lowest BCUT2D eigenvalue weighted by atomic mass is 10.2. The number of nitrogens with zero attached hydrogens (tertiary/aromatic N) is 5. The summed E-state index contributed by atoms with van der Waals surface area (Å²) < 4.78 is 21.4. The van der Waals surface area contributed by atoms with Crippen LogP contribution >= 0.6 is 11.6 Å². The Labute approximate surface area is 190 Å². The maximum Gasteiger partial charge on any atom is 0.350 e. The monoisotopic (exact) mass is 464 g/mol. The van der Waals surface area contributed by atoms with E-state index in [1.165, 1.54) is 28.8 Å². The second kappa shape index (κ2) is 8.32. The molecule has 164 valence electrons. The molecule has 0 radical (unpaired) electrons. The molecule has 5 aromatic rings. The Morgan fingerprint density at radius 3 is 2.79 bits per heavy atom. The number of benzene rings is 2. The van der Waals surface area contributed by atoms with E-state index in [1.807, 2.05) is 0 Å². The van der Waals surface area contributed by atoms with Crippen LogP contribution in [-0.2, 0) is 11.3 Å². The molecule has 33 heavy (non-hydrogen) atoms. The zero-order valence-corrected chi connectivity index (χ0v) is 17.5. The Bertz CT molecular complexity index is 1560. The van der Waals surface area contributed by atoms with Crippen LogP contribution in [0.15, 0.2) is 76.2 Å². The van der Waals surface area contributed by atoms with Gasteiger partial charge in [-0.15, -0.1) is 5.10 Å². The molecule has 0 aliphatic carbocycles. The molecule has 3 aromatic heterocycles. The predicted octanol–water partition coefficient (Wildman–Crippen LogP) is 3.64. The number of fused-ring (bicyclic) bond motifs is 1. The SMILES string of the molecule is O=C(Cn1nc2c(-c3nc(-c4cccc(Cl)c4)no3)cccn2c1=O)Nc1ccccc1F. The highest BCUT2D eigenvalue weighted by Gasteiger charge is 2.19. The molecule has 0 aliphatic heterocycles. The van der Waals surface area contributed by atoms with Gasteiger partial charge in [0.25, 0.3) is 5.89 Å². The quantitative estimate of drug-likeness (QED) is 0.425. The van der Waals surface area contributed by atoms with Crippen molar-refractivity contribution in [2.45, 2.75) is 6.54 Å². The van der Waals surface area contributed by atoms with Crippen molar-refractivity contribution >= 4 is 28.8 Å². The molecule has 3 heterocycles. The minimum atomic E-state index is -0.604. The van der Waals surface area contributed by atoms with E-state index < -0.39 is 24.0 Å². The molecule has 0 saturated carbocycles. The Morgan fingerprint density at radius 2 is 1.97 bits per heavy atom. The van der Waals surface area contributed by atoms with E-state index in [4.69, 9.17) is 16.1 Å². The Hall–Kier alpha value is -4.31. The lowest BCUT2D eigenvalue weighted by Gasteiger charge is -2.05. The molecule has 1 amide bonds. The minimum Gasteiger partial charge on any atom is -0.333 e. The van der Waals surface area contributed by atoms with Crippen molar-refractivity contribution in [2.75, 3.05) is 5.32 Å². The maximum atomic E-state index is 13.8. The number of carbonyl (C=O) groups excluding carboxylic acids is 1. The number of rotatable bonds is 5. The zero-order chi connectivity index (χ0) is 22.9. The van der Waals surface area contributed by atoms with Gasteiger partial charge in [-0.25, -0.2) is 18.3 Å². The highest BCUT2D eigenvalue weighted by molar-refractivity contribution is 6.30. The molecule has 9 nitrogen and oxygen atoms in total. The van der Waals surface area contributed by atoms with Gasteiger partial charge in [-0.05, 0) is 36.4 Å². The third-order valence-corrected chi connectivity index (χ3v) is 5.03. The van der Waals surface area contributed by atoms with Crippen molar-refractivity contribution in [3.63, 3.8) is 0 Å². The number of pyridine rings is 1. The van der Waals surface area contributed by atoms with Crippen LogP contribution in [0, 0.1) is 5.82 Å². The lowest BCUT2D eigenvalue weighted by molar-refractivity contribution is -0.117. The summed E-state index contributed by atoms with van der Waals surface area (Å²) >= 11 is 6.03. The largest absolute Gasteiger partial charge is 0.350 e. The van der Waals surface area contributed by atoms with E-state index in [0.717, 1.165) is 4.68 Å². The topological polar surface area (TPSA) is 107 Å². The normalized spacial score (nSPS) is 11.1. The summed E-state index contributed by atoms with van der Waals surface area (Å²) in [5, 5.41) is 11.2. The van der Waals surface area contributed by atoms with Gasteiger partial charge in [-0.2, -0.15) is 4.98 Å². The van der Waals surface area contributed by atoms with E-state index in [2.05, 4.69) is 20.6 Å². The van der Waals surface area contributed by atoms with Crippen molar-refractivity contribution in [3.05, 3.63) is 88.2 Å². The van der Waals surface area contributed by atoms with Gasteiger partial charge in [0.2, 0.25) is 11.7 Å². The second-order valence-electron chi connectivity index (χ2n) is 7.02. The predicted molar refractivity (Wildman–Crippen MR) is 118 cm³/mol. The van der Waals surface area contributed by atoms with Gasteiger partial charge in [-0.3, -0.25) is 4.79 Å². The van der Waals surface area contributed by atoms with Crippen LogP contribution in [0.5, 0.6) is 0 Å². The summed E-state index contributed by atoms with van der Waals surface area (Å²) in [5.41, 5.74) is 0.757. The fourth-order valence-corrected chi connectivity index (χ4v) is 3.46. The number of aromatic nitrogens is 5. The van der Waals surface area contributed by atoms with Crippen molar-refractivity contribution in [1.29, 1.82) is 0 Å². The van der Waals surface area contributed by atoms with Crippen LogP contribution in [0.4, 0.5) is 10.1 Å². The first-order valence-corrected chi connectivity index (χ1v) is 10.1. The summed E-state index contributed by atoms with van der Waals surface area (Å²) in [4.78, 5) is 29.5. The Kier molecular flexibility index (Phi) is 5.19. The van der Waals surface area contributed by atoms with Crippen LogP contribution in [0.1, 0.15) is 0 Å². The first-order chi connectivity index (χ1) is 16.0. The third-order valence-electron chi connectivity index (χ3n) is 4.79. The molecular formula is C22H14ClFN6O3. The van der Waals surface area contributed by atoms with Gasteiger partial charge in [0.05, 0.1) is 11.3 Å². The molecule has 0 bridgehead atoms. The zero-order valence-electron chi connectivity index (χ0n) is 16.8. The summed E-state index contributed by atoms with van der Waals surface area (Å²) in [5.74, 6) is -0.723. The summed E-state index contributed by atoms with van der Waals surface area (Å²) in [6, 6.07) is 16.0. The molecule has 11 heteroatoms. The number of para-hydroxylation sites is 1. The van der Waals surface area contributed by atoms with E-state index >= 15 is 0 Å². The molecule has 0 spiro atoms. The van der Waals surface area contributed by atoms with Gasteiger partial charge in [0.15, 0.2) is 5.65 Å². The first-order valence-electron chi connectivity index (χ1n) is 9.72. The highest BCUT2D eigenvalue weighted by atomic mass is 35.5. The maximum absolute atomic E-state index is 13.8. The summed E-state index contributed by atoms with van der Waals surface area (Å²) in [6.07, 6.45) is 1.51. The minimum absolute atomic E-state index is 0.0133. The summed E-state index contributed by atoms with van der Waals surface area (Å²) in [6.45, 7) is -0.411. The van der Waals surface area contributed by atoms with Gasteiger partial charge < -0.3 is 9.84 Å². The highest BCUT2D eigenvalue weighted by Crippen LogP contribution is 2.25. The number of nitrogens with one attached hydrogen (secondary N) is 1. The van der Waals surface area contributed by atoms with Gasteiger partial charge in [0, 0.05) is 16.8 Å². The number of amides is 1. The Balaban J connectivity index is 1.46. The van der Waals surface area contributed by atoms with Crippen LogP contribution in [0.25, 0.3) is 28.5 Å². The first kappa shape index (κ1) is 20.6. The van der Waals surface area contributed by atoms with Crippen molar-refractivity contribution in [3.8, 4) is 22.8 Å². The van der Waals surface area contributed by atoms with Gasteiger partial charge in [-0.1, -0.05) is 41.0 Å². The number of anilines is 1. The number of hydrogen-bond donors (Lipinski definition) is 1. The number of halogens is 2. The van der Waals surface area contributed by atoms with Crippen molar-refractivity contribution < 1.29 is 13.7 Å². The Morgan fingerprint density at radius 1 is 1.12 bits per heavy atom. The van der Waals surface area contributed by atoms with Gasteiger partial charge >= 0.3 is 5.69 Å². The van der Waals surface area contributed by atoms with Crippen molar-refractivity contribution in [2.24, 2.45) is 0 Å². The fourth-order valence-electron chi connectivity index (χ4n) is 3.27. The number of hydrogen-bond acceptors (Lipinski definition) is 6. The second-order valence-corrected chi connectivity index (χ2v) is 7.45. The van der Waals surface area contributed by atoms with Crippen LogP contribution < -0.4 is 11.0 Å². The molecule has 0 atom stereocenters. The van der Waals surface area contributed by atoms with Crippen LogP contribution in [-0.4, -0.2) is 30.2 Å². The molecule has 0 aliphatic rings. The average Bonchev–Trinajstić information content (AvgIpc) is 3.41. The van der Waals surface area contributed by atoms with E-state index in [0.29, 0.717) is 22.0 Å². The molecule has 2 aromatic carbocycles.